The van der Waals surface area contributed by atoms with Crippen LogP contribution in [0.5, 0.6) is 0 Å². The molecule has 15 heavy (non-hydrogen) atoms. The van der Waals surface area contributed by atoms with Crippen molar-refractivity contribution in [2.24, 2.45) is 0 Å². The number of carbonyl (C=O) groups excluding carboxylic acids is 1. The van der Waals surface area contributed by atoms with Crippen LogP contribution in [0.25, 0.3) is 0 Å². The summed E-state index contributed by atoms with van der Waals surface area (Å²) < 4.78 is 15.0. The van der Waals surface area contributed by atoms with Crippen molar-refractivity contribution in [3.8, 4) is 0 Å². The lowest BCUT2D eigenvalue weighted by atomic mass is 10.3. The molecule has 0 spiro atoms. The maximum absolute atomic E-state index is 11.1. The highest BCUT2D eigenvalue weighted by Crippen LogP contribution is 1.96. The van der Waals surface area contributed by atoms with Gasteiger partial charge < -0.3 is 14.2 Å². The van der Waals surface area contributed by atoms with Crippen LogP contribution in [0.4, 0.5) is 0 Å². The largest absolute Gasteiger partial charge is 0.463 e. The van der Waals surface area contributed by atoms with Crippen LogP contribution < -0.4 is 0 Å². The van der Waals surface area contributed by atoms with E-state index in [1.165, 1.54) is 0 Å². The molecule has 0 aromatic carbocycles. The number of esters is 1. The Morgan fingerprint density at radius 1 is 1.27 bits per heavy atom. The average Bonchev–Trinajstić information content (AvgIpc) is 2.23. The van der Waals surface area contributed by atoms with Crippen molar-refractivity contribution in [3.05, 3.63) is 12.2 Å². The van der Waals surface area contributed by atoms with Crippen molar-refractivity contribution in [3.63, 3.8) is 0 Å². The van der Waals surface area contributed by atoms with Crippen LogP contribution in [0.15, 0.2) is 12.2 Å². The smallest absolute Gasteiger partial charge is 0.335 e. The quantitative estimate of drug-likeness (QED) is 0.255. The topological polar surface area (TPSA) is 44.8 Å². The van der Waals surface area contributed by atoms with E-state index < -0.39 is 5.97 Å². The lowest BCUT2D eigenvalue weighted by molar-refractivity contribution is -0.139. The van der Waals surface area contributed by atoms with E-state index in [9.17, 15) is 4.79 Å². The molecule has 0 aliphatic carbocycles. The summed E-state index contributed by atoms with van der Waals surface area (Å²) in [6.45, 7) is 8.78. The third-order valence-corrected chi connectivity index (χ3v) is 1.65. The van der Waals surface area contributed by atoms with Crippen LogP contribution in [-0.2, 0) is 19.0 Å². The van der Waals surface area contributed by atoms with Crippen molar-refractivity contribution >= 4 is 5.97 Å². The second-order valence-corrected chi connectivity index (χ2v) is 3.05. The highest BCUT2D eigenvalue weighted by atomic mass is 16.7. The Labute approximate surface area is 91.2 Å². The van der Waals surface area contributed by atoms with Gasteiger partial charge in [0.1, 0.15) is 6.79 Å². The Kier molecular flexibility index (Phi) is 9.11. The first-order valence-corrected chi connectivity index (χ1v) is 5.22. The van der Waals surface area contributed by atoms with E-state index in [0.717, 1.165) is 12.8 Å². The predicted octanol–water partition coefficient (Wildman–Crippen LogP) is 1.90. The van der Waals surface area contributed by atoms with Gasteiger partial charge in [-0.2, -0.15) is 0 Å². The molecule has 0 aromatic rings. The van der Waals surface area contributed by atoms with Gasteiger partial charge in [0.25, 0.3) is 0 Å². The van der Waals surface area contributed by atoms with Crippen molar-refractivity contribution in [2.75, 3.05) is 26.6 Å². The van der Waals surface area contributed by atoms with Crippen LogP contribution in [-0.4, -0.2) is 32.6 Å². The molecule has 0 aliphatic heterocycles. The van der Waals surface area contributed by atoms with Gasteiger partial charge in [-0.3, -0.25) is 0 Å². The Morgan fingerprint density at radius 2 is 2.00 bits per heavy atom. The van der Waals surface area contributed by atoms with Gasteiger partial charge in [0, 0.05) is 6.61 Å². The molecule has 0 aromatic heterocycles. The molecule has 0 rings (SSSR count). The summed E-state index contributed by atoms with van der Waals surface area (Å²) in [5.41, 5.74) is 0.316. The third-order valence-electron chi connectivity index (χ3n) is 1.65. The fourth-order valence-electron chi connectivity index (χ4n) is 0.821. The minimum atomic E-state index is -0.411. The van der Waals surface area contributed by atoms with Crippen LogP contribution >= 0.6 is 0 Å². The van der Waals surface area contributed by atoms with Crippen molar-refractivity contribution in [1.29, 1.82) is 0 Å². The normalized spacial score (nSPS) is 10.0. The van der Waals surface area contributed by atoms with Crippen molar-refractivity contribution in [2.45, 2.75) is 26.7 Å². The Balaban J connectivity index is 3.35. The zero-order valence-corrected chi connectivity index (χ0v) is 9.58. The van der Waals surface area contributed by atoms with E-state index in [2.05, 4.69) is 13.5 Å². The maximum Gasteiger partial charge on any atom is 0.335 e. The first kappa shape index (κ1) is 14.1. The molecule has 0 unspecified atom stereocenters. The molecule has 0 N–H and O–H groups in total. The van der Waals surface area contributed by atoms with Crippen LogP contribution in [0.3, 0.4) is 0 Å². The number of carbonyl (C=O) groups is 1. The van der Waals surface area contributed by atoms with Gasteiger partial charge in [-0.15, -0.1) is 0 Å². The number of ether oxygens (including phenoxy) is 3. The van der Waals surface area contributed by atoms with E-state index in [1.54, 1.807) is 6.92 Å². The third kappa shape index (κ3) is 8.15. The molecule has 0 saturated carbocycles. The lowest BCUT2D eigenvalue weighted by Gasteiger charge is -2.07. The average molecular weight is 216 g/mol. The molecule has 0 heterocycles. The molecule has 4 heteroatoms. The molecule has 4 nitrogen and oxygen atoms in total. The second-order valence-electron chi connectivity index (χ2n) is 3.05. The van der Waals surface area contributed by atoms with Gasteiger partial charge in [-0.05, 0) is 13.3 Å². The van der Waals surface area contributed by atoms with Crippen LogP contribution in [0.1, 0.15) is 26.7 Å². The zero-order valence-electron chi connectivity index (χ0n) is 9.58. The molecule has 0 fully saturated rings. The Morgan fingerprint density at radius 3 is 2.60 bits per heavy atom. The molecule has 0 radical (unpaired) electrons. The highest BCUT2D eigenvalue weighted by Gasteiger charge is 2.06. The predicted molar refractivity (Wildman–Crippen MR) is 57.5 cm³/mol. The summed E-state index contributed by atoms with van der Waals surface area (Å²) in [5.74, 6) is -0.411. The molecule has 0 atom stereocenters. The second kappa shape index (κ2) is 9.68. The van der Waals surface area contributed by atoms with E-state index in [-0.39, 0.29) is 13.4 Å². The van der Waals surface area contributed by atoms with E-state index in [0.29, 0.717) is 18.8 Å². The minimum Gasteiger partial charge on any atom is -0.463 e. The summed E-state index contributed by atoms with van der Waals surface area (Å²) in [4.78, 5) is 11.1. The summed E-state index contributed by atoms with van der Waals surface area (Å²) in [6.07, 6.45) is 2.11. The number of unbranched alkanes of at least 4 members (excludes halogenated alkanes) is 1. The summed E-state index contributed by atoms with van der Waals surface area (Å²) in [6, 6.07) is 0. The van der Waals surface area contributed by atoms with Crippen molar-refractivity contribution in [1.82, 2.24) is 0 Å². The Hall–Kier alpha value is -0.870. The summed E-state index contributed by atoms with van der Waals surface area (Å²) in [5, 5.41) is 0. The van der Waals surface area contributed by atoms with Crippen LogP contribution in [0.2, 0.25) is 0 Å². The van der Waals surface area contributed by atoms with Gasteiger partial charge >= 0.3 is 5.97 Å². The first-order chi connectivity index (χ1) is 7.22. The molecule has 0 saturated heterocycles. The lowest BCUT2D eigenvalue weighted by Crippen LogP contribution is -2.13. The molecule has 0 amide bonds. The molecule has 88 valence electrons. The van der Waals surface area contributed by atoms with Gasteiger partial charge in [0.2, 0.25) is 0 Å². The van der Waals surface area contributed by atoms with Gasteiger partial charge in [-0.1, -0.05) is 19.9 Å². The van der Waals surface area contributed by atoms with E-state index in [4.69, 9.17) is 14.2 Å². The van der Waals surface area contributed by atoms with Gasteiger partial charge in [0.05, 0.1) is 18.8 Å². The highest BCUT2D eigenvalue weighted by molar-refractivity contribution is 5.87. The number of rotatable bonds is 9. The fraction of sp³-hybridized carbons (Fsp3) is 0.727. The molecular weight excluding hydrogens is 196 g/mol. The van der Waals surface area contributed by atoms with Gasteiger partial charge in [-0.25, -0.2) is 4.79 Å². The van der Waals surface area contributed by atoms with Gasteiger partial charge in [0.15, 0.2) is 0 Å². The zero-order chi connectivity index (χ0) is 11.5. The van der Waals surface area contributed by atoms with E-state index >= 15 is 0 Å². The van der Waals surface area contributed by atoms with Crippen molar-refractivity contribution < 1.29 is 19.0 Å². The molecule has 0 bridgehead atoms. The molecular formula is C11H20O4. The monoisotopic (exact) mass is 216 g/mol. The minimum absolute atomic E-state index is 0.158. The summed E-state index contributed by atoms with van der Waals surface area (Å²) in [7, 11) is 0. The first-order valence-electron chi connectivity index (χ1n) is 5.22. The number of hydrogen-bond donors (Lipinski definition) is 0. The molecule has 0 aliphatic rings. The summed E-state index contributed by atoms with van der Waals surface area (Å²) >= 11 is 0. The Bertz CT molecular complexity index is 189. The maximum atomic E-state index is 11.1. The van der Waals surface area contributed by atoms with Crippen LogP contribution in [0, 0.1) is 0 Å². The SMILES string of the molecule is C=C(COCOCCCC)C(=O)OCC. The standard InChI is InChI=1S/C11H20O4/c1-4-6-7-13-9-14-8-10(3)11(12)15-5-2/h3-9H2,1-2H3. The number of hydrogen-bond acceptors (Lipinski definition) is 4. The fourth-order valence-corrected chi connectivity index (χ4v) is 0.821. The van der Waals surface area contributed by atoms with E-state index in [1.807, 2.05) is 0 Å².